The van der Waals surface area contributed by atoms with Crippen molar-refractivity contribution in [2.75, 3.05) is 20.2 Å². The van der Waals surface area contributed by atoms with E-state index in [1.165, 1.54) is 0 Å². The average Bonchev–Trinajstić information content (AvgIpc) is 3.65. The number of carbonyl (C=O) groups is 3. The second kappa shape index (κ2) is 13.4. The smallest absolute Gasteiger partial charge is 0.508 e. The Kier molecular flexibility index (Phi) is 9.85. The molecule has 0 radical (unpaired) electrons. The largest absolute Gasteiger partial charge is 0.514 e. The highest BCUT2D eigenvalue weighted by molar-refractivity contribution is 6.74. The first-order valence-electron chi connectivity index (χ1n) is 18.6. The van der Waals surface area contributed by atoms with Gasteiger partial charge in [-0.2, -0.15) is 0 Å². The monoisotopic (exact) mass is 737 g/mol. The lowest BCUT2D eigenvalue weighted by molar-refractivity contribution is -0.0273. The molecule has 1 saturated heterocycles. The fraction of sp³-hybridized carbons (Fsp3) is 0.641. The van der Waals surface area contributed by atoms with Crippen LogP contribution in [0.25, 0.3) is 0 Å². The molecule has 12 nitrogen and oxygen atoms in total. The van der Waals surface area contributed by atoms with E-state index < -0.39 is 60.9 Å². The van der Waals surface area contributed by atoms with Gasteiger partial charge in [-0.25, -0.2) is 4.79 Å². The van der Waals surface area contributed by atoms with Crippen LogP contribution >= 0.6 is 0 Å². The van der Waals surface area contributed by atoms with E-state index in [9.17, 15) is 14.7 Å². The molecule has 1 aromatic heterocycles. The topological polar surface area (TPSA) is 164 Å². The van der Waals surface area contributed by atoms with Crippen molar-refractivity contribution in [1.82, 2.24) is 10.1 Å². The summed E-state index contributed by atoms with van der Waals surface area (Å²) in [5, 5.41) is 16.4. The zero-order chi connectivity index (χ0) is 38.1. The summed E-state index contributed by atoms with van der Waals surface area (Å²) in [7, 11) is -0.818. The van der Waals surface area contributed by atoms with Gasteiger partial charge in [0.1, 0.15) is 22.7 Å². The van der Waals surface area contributed by atoms with Crippen molar-refractivity contribution in [3.8, 4) is 11.6 Å². The summed E-state index contributed by atoms with van der Waals surface area (Å²) in [6, 6.07) is 2.94. The fourth-order valence-corrected chi connectivity index (χ4v) is 9.48. The minimum atomic E-state index is -2.87. The molecule has 13 heteroatoms. The molecule has 6 rings (SSSR count). The molecule has 5 atom stereocenters. The van der Waals surface area contributed by atoms with E-state index in [0.717, 1.165) is 37.8 Å². The first-order chi connectivity index (χ1) is 24.2. The number of aliphatic hydroxyl groups is 1. The number of aromatic nitrogens is 1. The van der Waals surface area contributed by atoms with Crippen LogP contribution < -0.4 is 15.2 Å². The predicted octanol–water partition coefficient (Wildman–Crippen LogP) is 7.78. The summed E-state index contributed by atoms with van der Waals surface area (Å²) in [4.78, 5) is 45.4. The van der Waals surface area contributed by atoms with E-state index >= 15 is 4.79 Å². The van der Waals surface area contributed by atoms with Crippen LogP contribution in [-0.4, -0.2) is 72.6 Å². The van der Waals surface area contributed by atoms with Crippen LogP contribution in [0, 0.1) is 11.8 Å². The van der Waals surface area contributed by atoms with Crippen molar-refractivity contribution in [2.45, 2.75) is 128 Å². The number of nitrogens with two attached hydrogens (primary N) is 1. The van der Waals surface area contributed by atoms with Gasteiger partial charge in [0, 0.05) is 17.5 Å². The number of benzene rings is 1. The van der Waals surface area contributed by atoms with Gasteiger partial charge in [-0.15, -0.1) is 0 Å². The first kappa shape index (κ1) is 38.2. The third-order valence-electron chi connectivity index (χ3n) is 11.7. The first-order valence-corrected chi connectivity index (χ1v) is 21.5. The number of hydrogen-bond acceptors (Lipinski definition) is 12. The highest BCUT2D eigenvalue weighted by Gasteiger charge is 2.66. The summed E-state index contributed by atoms with van der Waals surface area (Å²) >= 11 is 0. The van der Waals surface area contributed by atoms with Crippen LogP contribution in [0.15, 0.2) is 28.0 Å². The maximum Gasteiger partial charge on any atom is 0.514 e. The molecule has 52 heavy (non-hydrogen) atoms. The molecule has 1 unspecified atom stereocenters. The maximum atomic E-state index is 15.1. The van der Waals surface area contributed by atoms with E-state index in [1.807, 2.05) is 46.9 Å². The van der Waals surface area contributed by atoms with Gasteiger partial charge in [0.05, 0.1) is 18.2 Å². The van der Waals surface area contributed by atoms with Gasteiger partial charge in [0.2, 0.25) is 5.78 Å². The lowest BCUT2D eigenvalue weighted by Gasteiger charge is -2.53. The number of ether oxygens (including phenoxy) is 3. The number of carbonyl (C=O) groups excluding carboxylic acids is 3. The van der Waals surface area contributed by atoms with Gasteiger partial charge in [0.25, 0.3) is 5.88 Å². The number of fused-ring (bicyclic) bond motifs is 4. The third-order valence-corrected chi connectivity index (χ3v) is 16.1. The van der Waals surface area contributed by atoms with Crippen molar-refractivity contribution in [3.63, 3.8) is 0 Å². The molecule has 1 aliphatic heterocycles. The summed E-state index contributed by atoms with van der Waals surface area (Å²) in [6.45, 7) is 18.6. The summed E-state index contributed by atoms with van der Waals surface area (Å²) < 4.78 is 30.1. The molecule has 0 saturated carbocycles. The normalized spacial score (nSPS) is 26.4. The van der Waals surface area contributed by atoms with Crippen molar-refractivity contribution in [2.24, 2.45) is 17.6 Å². The zero-order valence-electron chi connectivity index (χ0n) is 32.3. The average molecular weight is 738 g/mol. The Bertz CT molecular complexity index is 1800. The highest BCUT2D eigenvalue weighted by Crippen LogP contribution is 2.58. The summed E-state index contributed by atoms with van der Waals surface area (Å²) in [5.74, 6) is -2.59. The van der Waals surface area contributed by atoms with Crippen LogP contribution in [0.5, 0.6) is 11.6 Å². The van der Waals surface area contributed by atoms with Crippen molar-refractivity contribution < 1.29 is 42.6 Å². The number of likely N-dealkylation sites (tertiary alicyclic amines) is 1. The molecule has 1 fully saturated rings. The minimum absolute atomic E-state index is 0.00162. The fourth-order valence-electron chi connectivity index (χ4n) is 8.02. The van der Waals surface area contributed by atoms with Gasteiger partial charge in [0.15, 0.2) is 25.5 Å². The van der Waals surface area contributed by atoms with Crippen molar-refractivity contribution >= 4 is 26.0 Å². The molecule has 0 amide bonds. The Morgan fingerprint density at radius 2 is 1.87 bits per heavy atom. The van der Waals surface area contributed by atoms with Crippen LogP contribution in [0.3, 0.4) is 0 Å². The maximum absolute atomic E-state index is 15.1. The second-order valence-corrected chi connectivity index (χ2v) is 22.2. The van der Waals surface area contributed by atoms with E-state index in [2.05, 4.69) is 17.1 Å². The Morgan fingerprint density at radius 3 is 2.48 bits per heavy atom. The molecule has 2 heterocycles. The molecule has 4 aliphatic rings. The number of hydrogen-bond donors (Lipinski definition) is 2. The number of nitrogens with zero attached hydrogens (tertiary/aromatic N) is 2. The van der Waals surface area contributed by atoms with Crippen LogP contribution in [0.2, 0.25) is 18.1 Å². The number of ketones is 2. The Hall–Kier alpha value is -3.52. The van der Waals surface area contributed by atoms with E-state index in [4.69, 9.17) is 28.9 Å². The molecule has 0 spiro atoms. The van der Waals surface area contributed by atoms with Crippen LogP contribution in [-0.2, 0) is 15.6 Å². The van der Waals surface area contributed by atoms with E-state index in [1.54, 1.807) is 26.8 Å². The Labute approximate surface area is 307 Å². The van der Waals surface area contributed by atoms with Crippen molar-refractivity contribution in [1.29, 1.82) is 0 Å². The Balaban J connectivity index is 1.54. The SMILES string of the molecule is CCCCOc1noc2c1C(=O)[C@@]1(O[Si](C)(C)C(C)(C)C)C(O)=C3C(=O)c4c(cc(C5CCCN5C)cc4OC(=O)OC(C)(C)C)C[C@H]3C[C@H]1[C@@H]2N. The van der Waals surface area contributed by atoms with Crippen LogP contribution in [0.1, 0.15) is 130 Å². The number of rotatable bonds is 8. The molecule has 0 bridgehead atoms. The van der Waals surface area contributed by atoms with Crippen molar-refractivity contribution in [3.05, 3.63) is 51.5 Å². The zero-order valence-corrected chi connectivity index (χ0v) is 33.3. The second-order valence-electron chi connectivity index (χ2n) is 17.5. The van der Waals surface area contributed by atoms with Gasteiger partial charge in [-0.3, -0.25) is 14.5 Å². The lowest BCUT2D eigenvalue weighted by Crippen LogP contribution is -2.64. The highest BCUT2D eigenvalue weighted by atomic mass is 28.4. The molecule has 284 valence electrons. The standard InChI is InChI=1S/C39H55N3O9Si/c1-11-12-16-47-35-29-32(50-41-35)30(40)24-19-23-18-22-17-21(25-14-13-15-42(25)8)20-26(48-36(46)49-37(2,3)4)27(22)31(43)28(23)33(44)39(24,34(29)45)51-52(9,10)38(5,6)7/h17,20,23-25,30,44H,11-16,18-19,40H2,1-10H3/t23-,24-,25?,30-,39-/m0/s1. The lowest BCUT2D eigenvalue weighted by atomic mass is 9.59. The molecule has 2 aromatic rings. The number of allylic oxidation sites excluding steroid dienone is 1. The molecule has 3 aliphatic carbocycles. The van der Waals surface area contributed by atoms with Gasteiger partial charge in [-0.1, -0.05) is 40.2 Å². The van der Waals surface area contributed by atoms with E-state index in [-0.39, 0.29) is 51.6 Å². The van der Waals surface area contributed by atoms with E-state index in [0.29, 0.717) is 18.6 Å². The minimum Gasteiger partial charge on any atom is -0.508 e. The van der Waals surface area contributed by atoms with Crippen LogP contribution in [0.4, 0.5) is 4.79 Å². The molecular weight excluding hydrogens is 683 g/mol. The number of unbranched alkanes of at least 4 members (excludes halogenated alkanes) is 1. The van der Waals surface area contributed by atoms with Gasteiger partial charge >= 0.3 is 6.16 Å². The molecular formula is C39H55N3O9Si. The molecule has 1 aromatic carbocycles. The third kappa shape index (κ3) is 6.41. The number of aliphatic hydroxyl groups excluding tert-OH is 1. The molecule has 3 N–H and O–H groups in total. The summed E-state index contributed by atoms with van der Waals surface area (Å²) in [5.41, 5.74) is 6.07. The number of Topliss-reactive ketones (excluding diaryl/α,β-unsaturated/α-hetero) is 2. The van der Waals surface area contributed by atoms with Gasteiger partial charge < -0.3 is 34.0 Å². The summed E-state index contributed by atoms with van der Waals surface area (Å²) in [6.07, 6.45) is 3.19. The quantitative estimate of drug-likeness (QED) is 0.117. The van der Waals surface area contributed by atoms with Gasteiger partial charge in [-0.05, 0) is 113 Å². The Morgan fingerprint density at radius 1 is 1.15 bits per heavy atom. The predicted molar refractivity (Wildman–Crippen MR) is 196 cm³/mol.